The minimum Gasteiger partial charge on any atom is -0.300 e. The van der Waals surface area contributed by atoms with Crippen molar-refractivity contribution in [1.29, 1.82) is 10.8 Å². The molecular formula is C14H14N2S2. The second-order valence-electron chi connectivity index (χ2n) is 3.83. The maximum absolute atomic E-state index is 7.79. The van der Waals surface area contributed by atoms with Gasteiger partial charge < -0.3 is 0 Å². The van der Waals surface area contributed by atoms with Gasteiger partial charge in [-0.25, -0.2) is 0 Å². The molecule has 0 spiro atoms. The highest BCUT2D eigenvalue weighted by atomic mass is 32.2. The molecule has 18 heavy (non-hydrogen) atoms. The largest absolute Gasteiger partial charge is 0.300 e. The van der Waals surface area contributed by atoms with Gasteiger partial charge in [0.1, 0.15) is 0 Å². The fourth-order valence-corrected chi connectivity index (χ4v) is 2.81. The lowest BCUT2D eigenvalue weighted by molar-refractivity contribution is 1.46. The minimum absolute atomic E-state index is 0.563. The van der Waals surface area contributed by atoms with Crippen LogP contribution in [0.5, 0.6) is 0 Å². The molecule has 0 atom stereocenters. The highest BCUT2D eigenvalue weighted by molar-refractivity contribution is 8.03. The highest BCUT2D eigenvalue weighted by Crippen LogP contribution is 2.28. The number of allylic oxidation sites excluding steroid dienone is 10. The van der Waals surface area contributed by atoms with Crippen molar-refractivity contribution < 1.29 is 0 Å². The first-order valence-electron chi connectivity index (χ1n) is 5.45. The van der Waals surface area contributed by atoms with Gasteiger partial charge >= 0.3 is 0 Å². The van der Waals surface area contributed by atoms with E-state index in [-0.39, 0.29) is 0 Å². The van der Waals surface area contributed by atoms with E-state index >= 15 is 0 Å². The molecule has 0 fully saturated rings. The Morgan fingerprint density at radius 3 is 1.44 bits per heavy atom. The van der Waals surface area contributed by atoms with Crippen molar-refractivity contribution in [3.8, 4) is 0 Å². The molecule has 0 aromatic rings. The number of nitrogens with one attached hydrogen (secondary N) is 2. The van der Waals surface area contributed by atoms with Crippen LogP contribution in [0.1, 0.15) is 0 Å². The maximum Gasteiger partial charge on any atom is 0.0675 e. The van der Waals surface area contributed by atoms with Crippen LogP contribution in [0, 0.1) is 10.8 Å². The fourth-order valence-electron chi connectivity index (χ4n) is 1.74. The number of hydrogen-bond donors (Lipinski definition) is 2. The molecule has 0 aromatic heterocycles. The maximum atomic E-state index is 7.79. The van der Waals surface area contributed by atoms with Crippen molar-refractivity contribution in [2.45, 2.75) is 0 Å². The third-order valence-electron chi connectivity index (χ3n) is 2.74. The lowest BCUT2D eigenvalue weighted by Gasteiger charge is -2.14. The molecule has 0 unspecified atom stereocenters. The van der Waals surface area contributed by atoms with E-state index in [4.69, 9.17) is 10.8 Å². The standard InChI is InChI=1S/C14H14N2S2/c1-17-13-7-9(3-5-11(13)15)10-4-6-12(16)14(8-10)18-2/h3-8,15-16H,1-2H3/b10-9+,15-11?,16-12?. The molecule has 0 saturated heterocycles. The Morgan fingerprint density at radius 1 is 0.722 bits per heavy atom. The molecule has 2 N–H and O–H groups in total. The molecule has 2 rings (SSSR count). The van der Waals surface area contributed by atoms with E-state index in [0.29, 0.717) is 11.4 Å². The fraction of sp³-hybridized carbons (Fsp3) is 0.143. The summed E-state index contributed by atoms with van der Waals surface area (Å²) in [6.45, 7) is 0. The Balaban J connectivity index is 2.44. The second kappa shape index (κ2) is 5.59. The molecule has 0 heterocycles. The zero-order chi connectivity index (χ0) is 13.1. The molecular weight excluding hydrogens is 260 g/mol. The molecule has 0 amide bonds. The first kappa shape index (κ1) is 13.2. The predicted octanol–water partition coefficient (Wildman–Crippen LogP) is 3.96. The first-order valence-corrected chi connectivity index (χ1v) is 7.90. The minimum atomic E-state index is 0.563. The summed E-state index contributed by atoms with van der Waals surface area (Å²) in [4.78, 5) is 1.96. The van der Waals surface area contributed by atoms with Crippen LogP contribution in [0.15, 0.2) is 57.4 Å². The summed E-state index contributed by atoms with van der Waals surface area (Å²) in [6, 6.07) is 0. The van der Waals surface area contributed by atoms with Crippen LogP contribution in [0.4, 0.5) is 0 Å². The van der Waals surface area contributed by atoms with E-state index in [0.717, 1.165) is 21.0 Å². The van der Waals surface area contributed by atoms with Crippen LogP contribution in [-0.4, -0.2) is 23.9 Å². The third kappa shape index (κ3) is 2.60. The Labute approximate surface area is 116 Å². The Kier molecular flexibility index (Phi) is 4.09. The van der Waals surface area contributed by atoms with E-state index in [9.17, 15) is 0 Å². The predicted molar refractivity (Wildman–Crippen MR) is 84.0 cm³/mol. The molecule has 0 radical (unpaired) electrons. The van der Waals surface area contributed by atoms with E-state index in [1.807, 2.05) is 49.0 Å². The van der Waals surface area contributed by atoms with Gasteiger partial charge in [0.25, 0.3) is 0 Å². The van der Waals surface area contributed by atoms with Crippen LogP contribution >= 0.6 is 23.5 Å². The lowest BCUT2D eigenvalue weighted by Crippen LogP contribution is -2.03. The van der Waals surface area contributed by atoms with Crippen LogP contribution in [-0.2, 0) is 0 Å². The highest BCUT2D eigenvalue weighted by Gasteiger charge is 2.12. The second-order valence-corrected chi connectivity index (χ2v) is 5.53. The van der Waals surface area contributed by atoms with E-state index in [2.05, 4.69) is 0 Å². The summed E-state index contributed by atoms with van der Waals surface area (Å²) in [6.07, 6.45) is 15.6. The molecule has 92 valence electrons. The van der Waals surface area contributed by atoms with Gasteiger partial charge in [-0.1, -0.05) is 12.2 Å². The van der Waals surface area contributed by atoms with Crippen LogP contribution in [0.25, 0.3) is 0 Å². The number of hydrogen-bond acceptors (Lipinski definition) is 4. The number of rotatable bonds is 2. The Hall–Kier alpha value is -1.26. The van der Waals surface area contributed by atoms with Gasteiger partial charge in [0.2, 0.25) is 0 Å². The molecule has 2 nitrogen and oxygen atoms in total. The van der Waals surface area contributed by atoms with Crippen LogP contribution in [0.3, 0.4) is 0 Å². The average molecular weight is 274 g/mol. The van der Waals surface area contributed by atoms with Gasteiger partial charge in [0, 0.05) is 9.81 Å². The molecule has 4 heteroatoms. The van der Waals surface area contributed by atoms with Gasteiger partial charge in [-0.3, -0.25) is 10.8 Å². The summed E-state index contributed by atoms with van der Waals surface area (Å²) < 4.78 is 0. The van der Waals surface area contributed by atoms with Crippen LogP contribution < -0.4 is 0 Å². The monoisotopic (exact) mass is 274 g/mol. The van der Waals surface area contributed by atoms with E-state index in [1.165, 1.54) is 0 Å². The summed E-state index contributed by atoms with van der Waals surface area (Å²) in [5.41, 5.74) is 3.33. The quantitative estimate of drug-likeness (QED) is 0.800. The zero-order valence-electron chi connectivity index (χ0n) is 10.3. The summed E-state index contributed by atoms with van der Waals surface area (Å²) in [5, 5.41) is 15.6. The average Bonchev–Trinajstić information content (AvgIpc) is 2.40. The molecule has 0 aliphatic heterocycles. The van der Waals surface area contributed by atoms with Crippen molar-refractivity contribution >= 4 is 34.9 Å². The molecule has 0 bridgehead atoms. The molecule has 2 aliphatic carbocycles. The van der Waals surface area contributed by atoms with Crippen molar-refractivity contribution in [3.63, 3.8) is 0 Å². The first-order chi connectivity index (χ1) is 8.65. The van der Waals surface area contributed by atoms with Crippen molar-refractivity contribution in [1.82, 2.24) is 0 Å². The molecule has 0 aromatic carbocycles. The summed E-state index contributed by atoms with van der Waals surface area (Å²) in [7, 11) is 0. The van der Waals surface area contributed by atoms with Crippen LogP contribution in [0.2, 0.25) is 0 Å². The summed E-state index contributed by atoms with van der Waals surface area (Å²) in [5.74, 6) is 0. The van der Waals surface area contributed by atoms with Gasteiger partial charge in [-0.15, -0.1) is 23.5 Å². The van der Waals surface area contributed by atoms with Gasteiger partial charge in [-0.2, -0.15) is 0 Å². The van der Waals surface area contributed by atoms with Gasteiger partial charge in [0.15, 0.2) is 0 Å². The van der Waals surface area contributed by atoms with E-state index < -0.39 is 0 Å². The smallest absolute Gasteiger partial charge is 0.0675 e. The van der Waals surface area contributed by atoms with Gasteiger partial charge in [0.05, 0.1) is 11.4 Å². The van der Waals surface area contributed by atoms with Gasteiger partial charge in [-0.05, 0) is 48.0 Å². The van der Waals surface area contributed by atoms with E-state index in [1.54, 1.807) is 23.5 Å². The lowest BCUT2D eigenvalue weighted by atomic mass is 9.98. The van der Waals surface area contributed by atoms with Crippen molar-refractivity contribution in [2.24, 2.45) is 0 Å². The Bertz CT molecular complexity index is 510. The number of thioether (sulfide) groups is 2. The summed E-state index contributed by atoms with van der Waals surface area (Å²) >= 11 is 3.18. The Morgan fingerprint density at radius 2 is 1.11 bits per heavy atom. The zero-order valence-corrected chi connectivity index (χ0v) is 11.9. The topological polar surface area (TPSA) is 47.7 Å². The SMILES string of the molecule is CSC1=C/C(=C2\C=CC(=N)C(SC)=C2)C=CC1=N. The molecule has 2 aliphatic rings. The third-order valence-corrected chi connectivity index (χ3v) is 4.29. The normalized spacial score (nSPS) is 23.2. The van der Waals surface area contributed by atoms with Crippen molar-refractivity contribution in [2.75, 3.05) is 12.5 Å². The van der Waals surface area contributed by atoms with Crippen molar-refractivity contribution in [3.05, 3.63) is 57.4 Å². The molecule has 0 saturated carbocycles.